The summed E-state index contributed by atoms with van der Waals surface area (Å²) < 4.78 is 13.3. The fraction of sp³-hybridized carbons (Fsp3) is 0.667. The highest BCUT2D eigenvalue weighted by Gasteiger charge is 2.27. The summed E-state index contributed by atoms with van der Waals surface area (Å²) in [6, 6.07) is 6.32. The van der Waals surface area contributed by atoms with E-state index < -0.39 is 0 Å². The molecule has 1 unspecified atom stereocenters. The van der Waals surface area contributed by atoms with Crippen LogP contribution >= 0.6 is 0 Å². The van der Waals surface area contributed by atoms with Gasteiger partial charge in [0, 0.05) is 12.1 Å². The van der Waals surface area contributed by atoms with Crippen LogP contribution in [0, 0.1) is 11.7 Å². The van der Waals surface area contributed by atoms with Gasteiger partial charge >= 0.3 is 0 Å². The van der Waals surface area contributed by atoms with Gasteiger partial charge in [-0.05, 0) is 61.8 Å². The molecule has 0 heterocycles. The third kappa shape index (κ3) is 3.06. The molecule has 2 aliphatic carbocycles. The Kier molecular flexibility index (Phi) is 4.40. The monoisotopic (exact) mass is 275 g/mol. The molecular formula is C18H26FN. The van der Waals surface area contributed by atoms with E-state index in [0.717, 1.165) is 18.8 Å². The minimum Gasteiger partial charge on any atom is -0.307 e. The first-order valence-corrected chi connectivity index (χ1v) is 8.28. The number of aryl methyl sites for hydroxylation is 1. The molecule has 2 aliphatic rings. The first-order valence-electron chi connectivity index (χ1n) is 8.28. The zero-order valence-electron chi connectivity index (χ0n) is 12.5. The van der Waals surface area contributed by atoms with Crippen molar-refractivity contribution in [1.82, 2.24) is 5.32 Å². The predicted octanol–water partition coefficient (Wildman–Crippen LogP) is 4.76. The van der Waals surface area contributed by atoms with Crippen molar-refractivity contribution in [2.75, 3.05) is 0 Å². The summed E-state index contributed by atoms with van der Waals surface area (Å²) in [6.45, 7) is 2.34. The quantitative estimate of drug-likeness (QED) is 0.784. The van der Waals surface area contributed by atoms with E-state index in [1.54, 1.807) is 12.1 Å². The van der Waals surface area contributed by atoms with Crippen LogP contribution in [-0.2, 0) is 6.42 Å². The number of hydrogen-bond acceptors (Lipinski definition) is 1. The maximum Gasteiger partial charge on any atom is 0.123 e. The summed E-state index contributed by atoms with van der Waals surface area (Å²) in [5, 5.41) is 3.83. The van der Waals surface area contributed by atoms with E-state index in [1.807, 2.05) is 6.07 Å². The summed E-state index contributed by atoms with van der Waals surface area (Å²) in [4.78, 5) is 0. The Morgan fingerprint density at radius 2 is 1.85 bits per heavy atom. The lowest BCUT2D eigenvalue weighted by atomic mass is 9.92. The Balaban J connectivity index is 1.64. The molecule has 1 aromatic rings. The number of fused-ring (bicyclic) bond motifs is 1. The second-order valence-corrected chi connectivity index (χ2v) is 6.64. The minimum absolute atomic E-state index is 0.0961. The van der Waals surface area contributed by atoms with Crippen LogP contribution < -0.4 is 5.32 Å². The molecule has 20 heavy (non-hydrogen) atoms. The van der Waals surface area contributed by atoms with Gasteiger partial charge in [-0.1, -0.05) is 31.7 Å². The number of nitrogens with one attached hydrogen (secondary N) is 1. The van der Waals surface area contributed by atoms with Crippen LogP contribution in [0.1, 0.15) is 69.0 Å². The van der Waals surface area contributed by atoms with Gasteiger partial charge in [0.15, 0.2) is 0 Å². The maximum atomic E-state index is 13.3. The second-order valence-electron chi connectivity index (χ2n) is 6.64. The van der Waals surface area contributed by atoms with Gasteiger partial charge < -0.3 is 5.32 Å². The normalized spacial score (nSPS) is 25.2. The lowest BCUT2D eigenvalue weighted by molar-refractivity contribution is 0.309. The van der Waals surface area contributed by atoms with Gasteiger partial charge in [0.2, 0.25) is 0 Å². The van der Waals surface area contributed by atoms with Gasteiger partial charge in [-0.25, -0.2) is 4.39 Å². The number of rotatable bonds is 3. The highest BCUT2D eigenvalue weighted by Crippen LogP contribution is 2.33. The molecule has 0 saturated heterocycles. The molecule has 0 bridgehead atoms. The molecule has 1 N–H and O–H groups in total. The van der Waals surface area contributed by atoms with Crippen LogP contribution in [0.4, 0.5) is 4.39 Å². The number of benzene rings is 1. The fourth-order valence-corrected chi connectivity index (χ4v) is 4.02. The molecule has 0 aliphatic heterocycles. The molecule has 1 aromatic carbocycles. The molecule has 0 aromatic heterocycles. The molecule has 1 nitrogen and oxygen atoms in total. The van der Waals surface area contributed by atoms with Crippen LogP contribution in [0.2, 0.25) is 0 Å². The van der Waals surface area contributed by atoms with E-state index in [2.05, 4.69) is 12.2 Å². The Labute approximate surface area is 122 Å². The van der Waals surface area contributed by atoms with E-state index in [0.29, 0.717) is 12.1 Å². The molecule has 0 amide bonds. The van der Waals surface area contributed by atoms with Crippen molar-refractivity contribution in [2.24, 2.45) is 5.92 Å². The van der Waals surface area contributed by atoms with Crippen LogP contribution in [-0.4, -0.2) is 6.04 Å². The van der Waals surface area contributed by atoms with Gasteiger partial charge in [0.05, 0.1) is 0 Å². The van der Waals surface area contributed by atoms with E-state index in [9.17, 15) is 4.39 Å². The minimum atomic E-state index is -0.0961. The van der Waals surface area contributed by atoms with Crippen molar-refractivity contribution in [3.63, 3.8) is 0 Å². The maximum absolute atomic E-state index is 13.3. The van der Waals surface area contributed by atoms with Crippen LogP contribution in [0.3, 0.4) is 0 Å². The van der Waals surface area contributed by atoms with Crippen molar-refractivity contribution >= 4 is 0 Å². The van der Waals surface area contributed by atoms with Crippen molar-refractivity contribution in [2.45, 2.75) is 70.4 Å². The van der Waals surface area contributed by atoms with Crippen LogP contribution in [0.5, 0.6) is 0 Å². The van der Waals surface area contributed by atoms with Crippen LogP contribution in [0.15, 0.2) is 18.2 Å². The summed E-state index contributed by atoms with van der Waals surface area (Å²) in [6.07, 6.45) is 10.5. The smallest absolute Gasteiger partial charge is 0.123 e. The zero-order valence-corrected chi connectivity index (χ0v) is 12.5. The summed E-state index contributed by atoms with van der Waals surface area (Å²) >= 11 is 0. The highest BCUT2D eigenvalue weighted by atomic mass is 19.1. The SMILES string of the molecule is C[C@@H](NC1CCc2cc(F)ccc21)C1CCCCCC1. The van der Waals surface area contributed by atoms with E-state index >= 15 is 0 Å². The Bertz CT molecular complexity index is 449. The van der Waals surface area contributed by atoms with Crippen LogP contribution in [0.25, 0.3) is 0 Å². The number of halogens is 1. The van der Waals surface area contributed by atoms with Gasteiger partial charge in [0.25, 0.3) is 0 Å². The summed E-state index contributed by atoms with van der Waals surface area (Å²) in [5.74, 6) is 0.725. The Hall–Kier alpha value is -0.890. The van der Waals surface area contributed by atoms with Crippen molar-refractivity contribution < 1.29 is 4.39 Å². The molecular weight excluding hydrogens is 249 g/mol. The number of hydrogen-bond donors (Lipinski definition) is 1. The Morgan fingerprint density at radius 3 is 2.60 bits per heavy atom. The molecule has 3 rings (SSSR count). The molecule has 2 atom stereocenters. The van der Waals surface area contributed by atoms with Crippen molar-refractivity contribution in [1.29, 1.82) is 0 Å². The highest BCUT2D eigenvalue weighted by molar-refractivity contribution is 5.35. The summed E-state index contributed by atoms with van der Waals surface area (Å²) in [7, 11) is 0. The van der Waals surface area contributed by atoms with Gasteiger partial charge in [0.1, 0.15) is 5.82 Å². The van der Waals surface area contributed by atoms with Crippen molar-refractivity contribution in [3.8, 4) is 0 Å². The van der Waals surface area contributed by atoms with Crippen molar-refractivity contribution in [3.05, 3.63) is 35.1 Å². The first kappa shape index (κ1) is 14.1. The lowest BCUT2D eigenvalue weighted by Crippen LogP contribution is -2.35. The third-order valence-electron chi connectivity index (χ3n) is 5.25. The predicted molar refractivity (Wildman–Crippen MR) is 81.3 cm³/mol. The van der Waals surface area contributed by atoms with Gasteiger partial charge in [-0.15, -0.1) is 0 Å². The molecule has 0 spiro atoms. The van der Waals surface area contributed by atoms with Gasteiger partial charge in [-0.2, -0.15) is 0 Å². The first-order chi connectivity index (χ1) is 9.74. The third-order valence-corrected chi connectivity index (χ3v) is 5.25. The average Bonchev–Trinajstić information content (AvgIpc) is 2.66. The van der Waals surface area contributed by atoms with Gasteiger partial charge in [-0.3, -0.25) is 0 Å². The largest absolute Gasteiger partial charge is 0.307 e. The Morgan fingerprint density at radius 1 is 1.10 bits per heavy atom. The summed E-state index contributed by atoms with van der Waals surface area (Å²) in [5.41, 5.74) is 2.53. The van der Waals surface area contributed by atoms with E-state index in [1.165, 1.54) is 49.7 Å². The zero-order chi connectivity index (χ0) is 13.9. The van der Waals surface area contributed by atoms with E-state index in [4.69, 9.17) is 0 Å². The molecule has 1 saturated carbocycles. The molecule has 2 heteroatoms. The second kappa shape index (κ2) is 6.26. The standard InChI is InChI=1S/C18H26FN/c1-13(14-6-4-2-3-5-7-14)20-18-11-8-15-12-16(19)9-10-17(15)18/h9-10,12-14,18,20H,2-8,11H2,1H3/t13-,18?/m1/s1. The molecule has 1 fully saturated rings. The van der Waals surface area contributed by atoms with E-state index in [-0.39, 0.29) is 5.82 Å². The average molecular weight is 275 g/mol. The lowest BCUT2D eigenvalue weighted by Gasteiger charge is -2.27. The fourth-order valence-electron chi connectivity index (χ4n) is 4.02. The molecule has 110 valence electrons. The molecule has 0 radical (unpaired) electrons. The topological polar surface area (TPSA) is 12.0 Å².